The zero-order valence-corrected chi connectivity index (χ0v) is 27.8. The van der Waals surface area contributed by atoms with Crippen LogP contribution < -0.4 is 28.4 Å². The molecule has 4 rings (SSSR count). The Hall–Kier alpha value is -5.64. The summed E-state index contributed by atoms with van der Waals surface area (Å²) >= 11 is 0. The maximum atomic E-state index is 12.9. The summed E-state index contributed by atoms with van der Waals surface area (Å²) < 4.78 is 48.8. The molecule has 0 saturated carbocycles. The summed E-state index contributed by atoms with van der Waals surface area (Å²) in [6.45, 7) is -0.544. The van der Waals surface area contributed by atoms with E-state index in [4.69, 9.17) is 42.6 Å². The van der Waals surface area contributed by atoms with Crippen LogP contribution in [0.4, 0.5) is 0 Å². The molecule has 0 aliphatic carbocycles. The van der Waals surface area contributed by atoms with E-state index in [9.17, 15) is 30.0 Å². The van der Waals surface area contributed by atoms with Crippen LogP contribution in [0, 0.1) is 0 Å². The summed E-state index contributed by atoms with van der Waals surface area (Å²) in [5.41, 5.74) is 1.01. The third-order valence-corrected chi connectivity index (χ3v) is 7.40. The standard InChI is InChI=1S/C35H38O15/c1-42-24-14-19(6-10-22(24)36)8-12-29(38)47-18-28-34(50-30(39)13-9-20-7-11-23(37)25(15-20)43-2)31(40)32(41)35(49-28)48-21-16-26(44-3)33(46-5)27(17-21)45-4/h6-17,28,31-32,34-37,40-41H,18H2,1-5H3/b12-8+,13-9+/t28-,31-,32-,34-,35-/m1/s1. The van der Waals surface area contributed by atoms with E-state index in [0.717, 1.165) is 12.2 Å². The lowest BCUT2D eigenvalue weighted by atomic mass is 9.99. The lowest BCUT2D eigenvalue weighted by molar-refractivity contribution is -0.281. The van der Waals surface area contributed by atoms with Crippen molar-refractivity contribution < 1.29 is 72.6 Å². The molecule has 1 aliphatic rings. The molecule has 0 radical (unpaired) electrons. The monoisotopic (exact) mass is 698 g/mol. The lowest BCUT2D eigenvalue weighted by Gasteiger charge is -2.41. The minimum atomic E-state index is -1.77. The SMILES string of the molecule is COc1cc(/C=C/C(=O)OC[C@H]2O[C@@H](Oc3cc(OC)c(OC)c(OC)c3)[C@H](O)[C@@H](O)[C@@H]2OC(=O)/C=C/c2ccc(O)c(OC)c2)ccc1O. The van der Waals surface area contributed by atoms with Crippen LogP contribution in [0.5, 0.6) is 46.0 Å². The van der Waals surface area contributed by atoms with Gasteiger partial charge < -0.3 is 63.1 Å². The fourth-order valence-corrected chi connectivity index (χ4v) is 4.85. The number of hydrogen-bond acceptors (Lipinski definition) is 15. The van der Waals surface area contributed by atoms with Crippen LogP contribution in [-0.4, -0.2) is 105 Å². The van der Waals surface area contributed by atoms with Gasteiger partial charge in [-0.3, -0.25) is 0 Å². The molecular formula is C35H38O15. The summed E-state index contributed by atoms with van der Waals surface area (Å²) in [6.07, 6.45) is -2.98. The Balaban J connectivity index is 1.54. The molecule has 0 amide bonds. The number of carbonyl (C=O) groups is 2. The largest absolute Gasteiger partial charge is 0.504 e. The molecule has 3 aromatic carbocycles. The van der Waals surface area contributed by atoms with Crippen molar-refractivity contribution in [3.63, 3.8) is 0 Å². The minimum absolute atomic E-state index is 0.0797. The molecule has 0 unspecified atom stereocenters. The molecule has 1 heterocycles. The van der Waals surface area contributed by atoms with Gasteiger partial charge in [0.1, 0.15) is 30.7 Å². The van der Waals surface area contributed by atoms with Gasteiger partial charge in [-0.25, -0.2) is 9.59 Å². The van der Waals surface area contributed by atoms with Gasteiger partial charge in [-0.05, 0) is 47.5 Å². The molecule has 15 heteroatoms. The molecule has 1 aliphatic heterocycles. The van der Waals surface area contributed by atoms with E-state index in [1.54, 1.807) is 6.07 Å². The Morgan fingerprint density at radius 3 is 1.72 bits per heavy atom. The first kappa shape index (κ1) is 37.2. The van der Waals surface area contributed by atoms with Gasteiger partial charge in [-0.2, -0.15) is 0 Å². The van der Waals surface area contributed by atoms with Crippen LogP contribution in [0.15, 0.2) is 60.7 Å². The maximum absolute atomic E-state index is 12.9. The smallest absolute Gasteiger partial charge is 0.331 e. The van der Waals surface area contributed by atoms with E-state index in [1.807, 2.05) is 0 Å². The molecule has 5 atom stereocenters. The van der Waals surface area contributed by atoms with Gasteiger partial charge in [0.25, 0.3) is 0 Å². The number of aromatic hydroxyl groups is 2. The van der Waals surface area contributed by atoms with Gasteiger partial charge in [0.15, 0.2) is 40.6 Å². The molecule has 0 spiro atoms. The summed E-state index contributed by atoms with van der Waals surface area (Å²) in [5, 5.41) is 41.8. The first-order chi connectivity index (χ1) is 24.0. The predicted octanol–water partition coefficient (Wildman–Crippen LogP) is 2.85. The van der Waals surface area contributed by atoms with E-state index in [2.05, 4.69) is 0 Å². The Morgan fingerprint density at radius 1 is 0.700 bits per heavy atom. The van der Waals surface area contributed by atoms with Crippen molar-refractivity contribution in [2.75, 3.05) is 42.2 Å². The van der Waals surface area contributed by atoms with E-state index >= 15 is 0 Å². The number of carbonyl (C=O) groups excluding carboxylic acids is 2. The van der Waals surface area contributed by atoms with Crippen LogP contribution >= 0.6 is 0 Å². The highest BCUT2D eigenvalue weighted by Crippen LogP contribution is 2.41. The van der Waals surface area contributed by atoms with Crippen molar-refractivity contribution in [3.8, 4) is 46.0 Å². The molecule has 3 aromatic rings. The highest BCUT2D eigenvalue weighted by atomic mass is 16.7. The Labute approximate surface area is 287 Å². The molecule has 1 saturated heterocycles. The highest BCUT2D eigenvalue weighted by molar-refractivity contribution is 5.88. The average molecular weight is 699 g/mol. The first-order valence-electron chi connectivity index (χ1n) is 15.0. The highest BCUT2D eigenvalue weighted by Gasteiger charge is 2.48. The van der Waals surface area contributed by atoms with Gasteiger partial charge >= 0.3 is 11.9 Å². The van der Waals surface area contributed by atoms with Gasteiger partial charge in [-0.1, -0.05) is 12.1 Å². The molecule has 0 bridgehead atoms. The topological polar surface area (TPSA) is 198 Å². The molecule has 50 heavy (non-hydrogen) atoms. The number of ether oxygens (including phenoxy) is 9. The van der Waals surface area contributed by atoms with Gasteiger partial charge in [0.2, 0.25) is 12.0 Å². The third kappa shape index (κ3) is 9.07. The Morgan fingerprint density at radius 2 is 1.22 bits per heavy atom. The van der Waals surface area contributed by atoms with Crippen LogP contribution in [0.1, 0.15) is 11.1 Å². The van der Waals surface area contributed by atoms with E-state index in [1.165, 1.54) is 90.2 Å². The van der Waals surface area contributed by atoms with Crippen LogP contribution in [0.3, 0.4) is 0 Å². The normalized spacial score (nSPS) is 20.3. The van der Waals surface area contributed by atoms with Gasteiger partial charge in [-0.15, -0.1) is 0 Å². The quantitative estimate of drug-likeness (QED) is 0.142. The summed E-state index contributed by atoms with van der Waals surface area (Å²) in [7, 11) is 6.98. The van der Waals surface area contributed by atoms with E-state index in [0.29, 0.717) is 11.1 Å². The number of esters is 2. The summed E-state index contributed by atoms with van der Waals surface area (Å²) in [6, 6.07) is 11.7. The number of aliphatic hydroxyl groups is 2. The Bertz CT molecular complexity index is 1680. The van der Waals surface area contributed by atoms with Crippen molar-refractivity contribution in [1.29, 1.82) is 0 Å². The number of phenols is 2. The molecule has 1 fully saturated rings. The number of rotatable bonds is 14. The van der Waals surface area contributed by atoms with Crippen molar-refractivity contribution in [1.82, 2.24) is 0 Å². The summed E-state index contributed by atoms with van der Waals surface area (Å²) in [5.74, 6) is -0.701. The molecule has 15 nitrogen and oxygen atoms in total. The van der Waals surface area contributed by atoms with Crippen molar-refractivity contribution in [2.24, 2.45) is 0 Å². The summed E-state index contributed by atoms with van der Waals surface area (Å²) in [4.78, 5) is 25.6. The number of hydrogen-bond donors (Lipinski definition) is 4. The van der Waals surface area contributed by atoms with Crippen LogP contribution in [0.2, 0.25) is 0 Å². The number of benzene rings is 3. The Kier molecular flexibility index (Phi) is 12.8. The average Bonchev–Trinajstić information content (AvgIpc) is 3.12. The molecule has 4 N–H and O–H groups in total. The van der Waals surface area contributed by atoms with Gasteiger partial charge in [0, 0.05) is 24.3 Å². The third-order valence-electron chi connectivity index (χ3n) is 7.40. The molecule has 268 valence electrons. The fourth-order valence-electron chi connectivity index (χ4n) is 4.85. The van der Waals surface area contributed by atoms with Gasteiger partial charge in [0.05, 0.1) is 35.5 Å². The number of aliphatic hydroxyl groups excluding tert-OH is 2. The maximum Gasteiger partial charge on any atom is 0.331 e. The molecule has 0 aromatic heterocycles. The second-order valence-electron chi connectivity index (χ2n) is 10.6. The van der Waals surface area contributed by atoms with E-state index < -0.39 is 49.3 Å². The fraction of sp³-hybridized carbons (Fsp3) is 0.314. The zero-order chi connectivity index (χ0) is 36.4. The van der Waals surface area contributed by atoms with Crippen LogP contribution in [-0.2, 0) is 23.8 Å². The minimum Gasteiger partial charge on any atom is -0.504 e. The number of methoxy groups -OCH3 is 5. The van der Waals surface area contributed by atoms with Crippen molar-refractivity contribution in [2.45, 2.75) is 30.7 Å². The lowest BCUT2D eigenvalue weighted by Crippen LogP contribution is -2.61. The van der Waals surface area contributed by atoms with Crippen molar-refractivity contribution in [3.05, 3.63) is 71.8 Å². The molecular weight excluding hydrogens is 660 g/mol. The predicted molar refractivity (Wildman–Crippen MR) is 176 cm³/mol. The van der Waals surface area contributed by atoms with E-state index in [-0.39, 0.29) is 46.0 Å². The van der Waals surface area contributed by atoms with Crippen molar-refractivity contribution >= 4 is 24.1 Å². The van der Waals surface area contributed by atoms with Crippen LogP contribution in [0.25, 0.3) is 12.2 Å². The zero-order valence-electron chi connectivity index (χ0n) is 27.8. The number of phenolic OH excluding ortho intramolecular Hbond substituents is 2. The first-order valence-corrected chi connectivity index (χ1v) is 15.0. The second-order valence-corrected chi connectivity index (χ2v) is 10.6. The second kappa shape index (κ2) is 17.1.